The van der Waals surface area contributed by atoms with Gasteiger partial charge in [0, 0.05) is 25.7 Å². The van der Waals surface area contributed by atoms with E-state index < -0.39 is 0 Å². The molecule has 2 saturated heterocycles. The summed E-state index contributed by atoms with van der Waals surface area (Å²) >= 11 is 0. The quantitative estimate of drug-likeness (QED) is 0.770. The van der Waals surface area contributed by atoms with Gasteiger partial charge in [-0.1, -0.05) is 6.92 Å². The predicted octanol–water partition coefficient (Wildman–Crippen LogP) is 0.668. The van der Waals surface area contributed by atoms with Gasteiger partial charge in [0.15, 0.2) is 0 Å². The van der Waals surface area contributed by atoms with Gasteiger partial charge in [-0.3, -0.25) is 9.69 Å². The van der Waals surface area contributed by atoms with Gasteiger partial charge in [-0.25, -0.2) is 0 Å². The molecule has 0 spiro atoms. The highest BCUT2D eigenvalue weighted by molar-refractivity contribution is 5.78. The Morgan fingerprint density at radius 2 is 1.94 bits per heavy atom. The van der Waals surface area contributed by atoms with Crippen LogP contribution in [-0.4, -0.2) is 54.5 Å². The van der Waals surface area contributed by atoms with E-state index in [1.165, 1.54) is 0 Å². The summed E-state index contributed by atoms with van der Waals surface area (Å²) in [5.74, 6) is 1.08. The van der Waals surface area contributed by atoms with Crippen LogP contribution in [0.4, 0.5) is 0 Å². The molecular weight excluding hydrogens is 214 g/mol. The number of likely N-dealkylation sites (tertiary alicyclic amines) is 2. The number of rotatable bonds is 2. The fraction of sp³-hybridized carbons (Fsp3) is 0.923. The zero-order valence-corrected chi connectivity index (χ0v) is 10.9. The first kappa shape index (κ1) is 12.8. The number of carbonyl (C=O) groups is 1. The Morgan fingerprint density at radius 3 is 2.59 bits per heavy atom. The second-order valence-corrected chi connectivity index (χ2v) is 5.70. The lowest BCUT2D eigenvalue weighted by Crippen LogP contribution is -2.49. The molecule has 0 radical (unpaired) electrons. The van der Waals surface area contributed by atoms with Gasteiger partial charge in [-0.05, 0) is 38.1 Å². The van der Waals surface area contributed by atoms with Crippen molar-refractivity contribution in [3.8, 4) is 0 Å². The summed E-state index contributed by atoms with van der Waals surface area (Å²) in [6.45, 7) is 6.65. The molecule has 0 bridgehead atoms. The lowest BCUT2D eigenvalue weighted by Gasteiger charge is -2.34. The molecule has 2 fully saturated rings. The largest absolute Gasteiger partial charge is 0.342 e. The molecule has 0 saturated carbocycles. The van der Waals surface area contributed by atoms with Crippen LogP contribution in [0.1, 0.15) is 32.6 Å². The molecule has 0 aromatic carbocycles. The normalized spacial score (nSPS) is 28.4. The fourth-order valence-electron chi connectivity index (χ4n) is 2.78. The molecule has 98 valence electrons. The smallest absolute Gasteiger partial charge is 0.236 e. The van der Waals surface area contributed by atoms with Crippen molar-refractivity contribution in [2.24, 2.45) is 11.7 Å². The number of amides is 1. The SMILES string of the molecule is CC1CCN(C(=O)CN2CCC[C@@H](N)C2)CC1. The van der Waals surface area contributed by atoms with Gasteiger partial charge in [-0.15, -0.1) is 0 Å². The van der Waals surface area contributed by atoms with Crippen molar-refractivity contribution in [3.63, 3.8) is 0 Å². The van der Waals surface area contributed by atoms with E-state index in [2.05, 4.69) is 11.8 Å². The first-order chi connectivity index (χ1) is 8.15. The van der Waals surface area contributed by atoms with Gasteiger partial charge < -0.3 is 10.6 Å². The van der Waals surface area contributed by atoms with Crippen LogP contribution in [0.15, 0.2) is 0 Å². The van der Waals surface area contributed by atoms with Crippen molar-refractivity contribution < 1.29 is 4.79 Å². The van der Waals surface area contributed by atoms with Crippen molar-refractivity contribution in [2.45, 2.75) is 38.6 Å². The van der Waals surface area contributed by atoms with Crippen molar-refractivity contribution in [2.75, 3.05) is 32.7 Å². The first-order valence-corrected chi connectivity index (χ1v) is 6.91. The maximum Gasteiger partial charge on any atom is 0.236 e. The minimum absolute atomic E-state index is 0.262. The first-order valence-electron chi connectivity index (χ1n) is 6.91. The number of hydrogen-bond donors (Lipinski definition) is 1. The van der Waals surface area contributed by atoms with E-state index in [-0.39, 0.29) is 6.04 Å². The molecule has 4 nitrogen and oxygen atoms in total. The van der Waals surface area contributed by atoms with Crippen molar-refractivity contribution in [1.82, 2.24) is 9.80 Å². The summed E-state index contributed by atoms with van der Waals surface area (Å²) in [4.78, 5) is 16.4. The van der Waals surface area contributed by atoms with Gasteiger partial charge in [0.1, 0.15) is 0 Å². The number of carbonyl (C=O) groups excluding carboxylic acids is 1. The van der Waals surface area contributed by atoms with E-state index in [1.54, 1.807) is 0 Å². The second kappa shape index (κ2) is 5.83. The van der Waals surface area contributed by atoms with Crippen LogP contribution in [-0.2, 0) is 4.79 Å². The van der Waals surface area contributed by atoms with Crippen LogP contribution in [0.5, 0.6) is 0 Å². The van der Waals surface area contributed by atoms with Crippen LogP contribution < -0.4 is 5.73 Å². The van der Waals surface area contributed by atoms with E-state index in [0.717, 1.165) is 57.8 Å². The average molecular weight is 239 g/mol. The summed E-state index contributed by atoms with van der Waals surface area (Å²) in [6.07, 6.45) is 4.55. The average Bonchev–Trinajstić information content (AvgIpc) is 2.29. The standard InChI is InChI=1S/C13H25N3O/c1-11-4-7-16(8-5-11)13(17)10-15-6-2-3-12(14)9-15/h11-12H,2-10,14H2,1H3/t12-/m1/s1. The zero-order chi connectivity index (χ0) is 12.3. The predicted molar refractivity (Wildman–Crippen MR) is 68.6 cm³/mol. The maximum atomic E-state index is 12.1. The highest BCUT2D eigenvalue weighted by atomic mass is 16.2. The van der Waals surface area contributed by atoms with Gasteiger partial charge in [0.2, 0.25) is 5.91 Å². The van der Waals surface area contributed by atoms with Gasteiger partial charge in [0.05, 0.1) is 6.54 Å². The van der Waals surface area contributed by atoms with Crippen molar-refractivity contribution in [1.29, 1.82) is 0 Å². The van der Waals surface area contributed by atoms with Gasteiger partial charge in [0.25, 0.3) is 0 Å². The lowest BCUT2D eigenvalue weighted by atomic mass is 9.99. The lowest BCUT2D eigenvalue weighted by molar-refractivity contribution is -0.134. The minimum atomic E-state index is 0.262. The van der Waals surface area contributed by atoms with Crippen LogP contribution in [0, 0.1) is 5.92 Å². The molecule has 17 heavy (non-hydrogen) atoms. The fourth-order valence-corrected chi connectivity index (χ4v) is 2.78. The Bertz CT molecular complexity index is 261. The molecule has 0 aliphatic carbocycles. The summed E-state index contributed by atoms with van der Waals surface area (Å²) in [5.41, 5.74) is 5.93. The Morgan fingerprint density at radius 1 is 1.24 bits per heavy atom. The van der Waals surface area contributed by atoms with Crippen LogP contribution >= 0.6 is 0 Å². The molecular formula is C13H25N3O. The van der Waals surface area contributed by atoms with E-state index in [0.29, 0.717) is 12.5 Å². The zero-order valence-electron chi connectivity index (χ0n) is 10.9. The molecule has 2 rings (SSSR count). The van der Waals surface area contributed by atoms with Crippen LogP contribution in [0.2, 0.25) is 0 Å². The summed E-state index contributed by atoms with van der Waals surface area (Å²) in [6, 6.07) is 0.262. The second-order valence-electron chi connectivity index (χ2n) is 5.70. The highest BCUT2D eigenvalue weighted by Crippen LogP contribution is 2.16. The minimum Gasteiger partial charge on any atom is -0.342 e. The maximum absolute atomic E-state index is 12.1. The number of nitrogens with zero attached hydrogens (tertiary/aromatic N) is 2. The summed E-state index contributed by atoms with van der Waals surface area (Å²) in [5, 5.41) is 0. The monoisotopic (exact) mass is 239 g/mol. The topological polar surface area (TPSA) is 49.6 Å². The number of nitrogens with two attached hydrogens (primary N) is 1. The third-order valence-electron chi connectivity index (χ3n) is 4.04. The molecule has 2 aliphatic rings. The molecule has 2 aliphatic heterocycles. The molecule has 2 N–H and O–H groups in total. The molecule has 1 amide bonds. The van der Waals surface area contributed by atoms with Crippen LogP contribution in [0.25, 0.3) is 0 Å². The molecule has 0 unspecified atom stereocenters. The molecule has 1 atom stereocenters. The number of piperidine rings is 2. The molecule has 4 heteroatoms. The van der Waals surface area contributed by atoms with Crippen molar-refractivity contribution >= 4 is 5.91 Å². The third kappa shape index (κ3) is 3.68. The Hall–Kier alpha value is -0.610. The van der Waals surface area contributed by atoms with Gasteiger partial charge in [-0.2, -0.15) is 0 Å². The Balaban J connectivity index is 1.76. The molecule has 0 aromatic rings. The Kier molecular flexibility index (Phi) is 4.40. The van der Waals surface area contributed by atoms with E-state index in [9.17, 15) is 4.79 Å². The van der Waals surface area contributed by atoms with Crippen LogP contribution in [0.3, 0.4) is 0 Å². The summed E-state index contributed by atoms with van der Waals surface area (Å²) < 4.78 is 0. The van der Waals surface area contributed by atoms with Gasteiger partial charge >= 0.3 is 0 Å². The molecule has 0 aromatic heterocycles. The highest BCUT2D eigenvalue weighted by Gasteiger charge is 2.24. The Labute approximate surface area is 104 Å². The molecule has 2 heterocycles. The third-order valence-corrected chi connectivity index (χ3v) is 4.04. The van der Waals surface area contributed by atoms with Crippen molar-refractivity contribution in [3.05, 3.63) is 0 Å². The number of hydrogen-bond acceptors (Lipinski definition) is 3. The van der Waals surface area contributed by atoms with E-state index in [4.69, 9.17) is 5.73 Å². The van der Waals surface area contributed by atoms with E-state index >= 15 is 0 Å². The summed E-state index contributed by atoms with van der Waals surface area (Å²) in [7, 11) is 0. The van der Waals surface area contributed by atoms with E-state index in [1.807, 2.05) is 4.90 Å².